The van der Waals surface area contributed by atoms with Crippen molar-refractivity contribution in [3.8, 4) is 22.6 Å². The van der Waals surface area contributed by atoms with E-state index in [1.807, 2.05) is 25.1 Å². The van der Waals surface area contributed by atoms with E-state index in [2.05, 4.69) is 24.1 Å². The Labute approximate surface area is 158 Å². The standard InChI is InChI=1S/C20H25N3O4/c1-12(2)8-20(3,21)11-27-14-4-5-15-16-7-18(23-19(24)25)22-9-13(16)10-26-17(15)6-14/h4-7,9,12H,8,10-11,21H2,1-3H3,(H,22,23)(H,24,25). The second-order valence-electron chi connectivity index (χ2n) is 7.64. The van der Waals surface area contributed by atoms with Crippen molar-refractivity contribution < 1.29 is 19.4 Å². The van der Waals surface area contributed by atoms with E-state index < -0.39 is 11.6 Å². The fourth-order valence-electron chi connectivity index (χ4n) is 3.36. The van der Waals surface area contributed by atoms with Crippen molar-refractivity contribution in [1.29, 1.82) is 0 Å². The smallest absolute Gasteiger partial charge is 0.410 e. The molecule has 0 radical (unpaired) electrons. The molecule has 2 heterocycles. The maximum atomic E-state index is 10.8. The first kappa shape index (κ1) is 19.0. The third kappa shape index (κ3) is 4.68. The molecule has 1 aromatic heterocycles. The Hall–Kier alpha value is -2.80. The second kappa shape index (κ2) is 7.44. The first-order chi connectivity index (χ1) is 12.7. The predicted molar refractivity (Wildman–Crippen MR) is 103 cm³/mol. The van der Waals surface area contributed by atoms with Crippen molar-refractivity contribution in [2.24, 2.45) is 11.7 Å². The molecule has 4 N–H and O–H groups in total. The summed E-state index contributed by atoms with van der Waals surface area (Å²) in [7, 11) is 0. The molecule has 3 rings (SSSR count). The fourth-order valence-corrected chi connectivity index (χ4v) is 3.36. The maximum absolute atomic E-state index is 10.8. The largest absolute Gasteiger partial charge is 0.492 e. The van der Waals surface area contributed by atoms with Crippen LogP contribution in [-0.4, -0.2) is 28.3 Å². The Balaban J connectivity index is 1.80. The fraction of sp³-hybridized carbons (Fsp3) is 0.400. The third-order valence-corrected chi connectivity index (χ3v) is 4.29. The van der Waals surface area contributed by atoms with E-state index in [-0.39, 0.29) is 5.82 Å². The molecule has 1 aromatic carbocycles. The highest BCUT2D eigenvalue weighted by atomic mass is 16.5. The average Bonchev–Trinajstić information content (AvgIpc) is 2.58. The molecule has 1 atom stereocenters. The lowest BCUT2D eigenvalue weighted by atomic mass is 9.93. The predicted octanol–water partition coefficient (Wildman–Crippen LogP) is 3.87. The summed E-state index contributed by atoms with van der Waals surface area (Å²) in [5.41, 5.74) is 8.57. The van der Waals surface area contributed by atoms with Gasteiger partial charge in [-0.2, -0.15) is 0 Å². The lowest BCUT2D eigenvalue weighted by molar-refractivity contribution is 0.205. The number of nitrogens with zero attached hydrogens (tertiary/aromatic N) is 1. The average molecular weight is 371 g/mol. The second-order valence-corrected chi connectivity index (χ2v) is 7.64. The van der Waals surface area contributed by atoms with E-state index in [1.165, 1.54) is 0 Å². The van der Waals surface area contributed by atoms with Gasteiger partial charge in [0.1, 0.15) is 30.5 Å². The van der Waals surface area contributed by atoms with Gasteiger partial charge in [0.25, 0.3) is 0 Å². The van der Waals surface area contributed by atoms with Crippen LogP contribution in [0.25, 0.3) is 11.1 Å². The summed E-state index contributed by atoms with van der Waals surface area (Å²) in [6, 6.07) is 7.33. The molecule has 1 aliphatic rings. The summed E-state index contributed by atoms with van der Waals surface area (Å²) in [5.74, 6) is 2.15. The minimum Gasteiger partial charge on any atom is -0.492 e. The number of pyridine rings is 1. The van der Waals surface area contributed by atoms with E-state index in [9.17, 15) is 4.79 Å². The number of carboxylic acid groups (broad SMARTS) is 1. The summed E-state index contributed by atoms with van der Waals surface area (Å²) in [6.07, 6.45) is 1.35. The Morgan fingerprint density at radius 3 is 2.89 bits per heavy atom. The van der Waals surface area contributed by atoms with Gasteiger partial charge in [-0.3, -0.25) is 5.32 Å². The molecule has 2 aromatic rings. The van der Waals surface area contributed by atoms with Crippen LogP contribution in [0.5, 0.6) is 11.5 Å². The van der Waals surface area contributed by atoms with Gasteiger partial charge in [0.15, 0.2) is 0 Å². The number of ether oxygens (including phenoxy) is 2. The van der Waals surface area contributed by atoms with Gasteiger partial charge in [-0.05, 0) is 43.0 Å². The van der Waals surface area contributed by atoms with Crippen LogP contribution < -0.4 is 20.5 Å². The van der Waals surface area contributed by atoms with Gasteiger partial charge >= 0.3 is 6.09 Å². The first-order valence-electron chi connectivity index (χ1n) is 8.91. The summed E-state index contributed by atoms with van der Waals surface area (Å²) in [5, 5.41) is 11.2. The van der Waals surface area contributed by atoms with Crippen LogP contribution in [0.3, 0.4) is 0 Å². The zero-order chi connectivity index (χ0) is 19.6. The van der Waals surface area contributed by atoms with E-state index in [4.69, 9.17) is 20.3 Å². The van der Waals surface area contributed by atoms with Crippen LogP contribution in [0.4, 0.5) is 10.6 Å². The van der Waals surface area contributed by atoms with Gasteiger partial charge in [0, 0.05) is 28.9 Å². The van der Waals surface area contributed by atoms with Crippen LogP contribution in [0, 0.1) is 5.92 Å². The SMILES string of the molecule is CC(C)CC(C)(N)COc1ccc2c(c1)OCc1cnc(NC(=O)O)cc1-2. The van der Waals surface area contributed by atoms with Crippen LogP contribution >= 0.6 is 0 Å². The number of nitrogens with two attached hydrogens (primary N) is 1. The highest BCUT2D eigenvalue weighted by Gasteiger charge is 2.23. The number of aromatic nitrogens is 1. The molecule has 0 saturated heterocycles. The Morgan fingerprint density at radius 1 is 1.41 bits per heavy atom. The van der Waals surface area contributed by atoms with Crippen molar-refractivity contribution >= 4 is 11.9 Å². The van der Waals surface area contributed by atoms with Gasteiger partial charge in [0.2, 0.25) is 0 Å². The molecular formula is C20H25N3O4. The number of rotatable bonds is 6. The molecule has 7 nitrogen and oxygen atoms in total. The molecule has 0 aliphatic carbocycles. The monoisotopic (exact) mass is 371 g/mol. The molecule has 7 heteroatoms. The van der Waals surface area contributed by atoms with E-state index in [0.717, 1.165) is 23.1 Å². The number of amides is 1. The molecule has 0 spiro atoms. The molecule has 0 saturated carbocycles. The molecule has 0 fully saturated rings. The van der Waals surface area contributed by atoms with E-state index >= 15 is 0 Å². The van der Waals surface area contributed by atoms with E-state index in [0.29, 0.717) is 30.6 Å². The Kier molecular flexibility index (Phi) is 5.23. The Morgan fingerprint density at radius 2 is 2.19 bits per heavy atom. The van der Waals surface area contributed by atoms with Gasteiger partial charge in [-0.25, -0.2) is 9.78 Å². The normalized spacial score (nSPS) is 14.6. The topological polar surface area (TPSA) is 107 Å². The van der Waals surface area contributed by atoms with Crippen LogP contribution in [-0.2, 0) is 6.61 Å². The zero-order valence-electron chi connectivity index (χ0n) is 15.8. The molecule has 1 aliphatic heterocycles. The minimum absolute atomic E-state index is 0.280. The van der Waals surface area contributed by atoms with Crippen molar-refractivity contribution in [3.63, 3.8) is 0 Å². The van der Waals surface area contributed by atoms with Crippen molar-refractivity contribution in [2.75, 3.05) is 11.9 Å². The number of fused-ring (bicyclic) bond motifs is 3. The maximum Gasteiger partial charge on any atom is 0.410 e. The van der Waals surface area contributed by atoms with Crippen molar-refractivity contribution in [3.05, 3.63) is 36.0 Å². The lowest BCUT2D eigenvalue weighted by Gasteiger charge is -2.27. The summed E-state index contributed by atoms with van der Waals surface area (Å²) in [4.78, 5) is 14.9. The molecule has 0 bridgehead atoms. The van der Waals surface area contributed by atoms with Crippen LogP contribution in [0.1, 0.15) is 32.8 Å². The zero-order valence-corrected chi connectivity index (χ0v) is 15.8. The van der Waals surface area contributed by atoms with Gasteiger partial charge in [-0.1, -0.05) is 13.8 Å². The number of anilines is 1. The lowest BCUT2D eigenvalue weighted by Crippen LogP contribution is -2.43. The number of nitrogens with one attached hydrogen (secondary N) is 1. The molecule has 27 heavy (non-hydrogen) atoms. The first-order valence-corrected chi connectivity index (χ1v) is 8.91. The summed E-state index contributed by atoms with van der Waals surface area (Å²) in [6.45, 7) is 7.04. The van der Waals surface area contributed by atoms with Gasteiger partial charge < -0.3 is 20.3 Å². The molecule has 144 valence electrons. The van der Waals surface area contributed by atoms with Crippen LogP contribution in [0.2, 0.25) is 0 Å². The minimum atomic E-state index is -1.15. The number of hydrogen-bond acceptors (Lipinski definition) is 5. The number of carbonyl (C=O) groups is 1. The molecular weight excluding hydrogens is 346 g/mol. The number of benzene rings is 1. The van der Waals surface area contributed by atoms with E-state index in [1.54, 1.807) is 12.3 Å². The van der Waals surface area contributed by atoms with Crippen molar-refractivity contribution in [1.82, 2.24) is 4.98 Å². The third-order valence-electron chi connectivity index (χ3n) is 4.29. The highest BCUT2D eigenvalue weighted by molar-refractivity contribution is 5.84. The highest BCUT2D eigenvalue weighted by Crippen LogP contribution is 2.40. The van der Waals surface area contributed by atoms with Crippen LogP contribution in [0.15, 0.2) is 30.5 Å². The van der Waals surface area contributed by atoms with Gasteiger partial charge in [-0.15, -0.1) is 0 Å². The molecule has 1 unspecified atom stereocenters. The number of hydrogen-bond donors (Lipinski definition) is 3. The molecule has 1 amide bonds. The quantitative estimate of drug-likeness (QED) is 0.711. The Bertz CT molecular complexity index is 849. The van der Waals surface area contributed by atoms with Gasteiger partial charge in [0.05, 0.1) is 0 Å². The van der Waals surface area contributed by atoms with Crippen molar-refractivity contribution in [2.45, 2.75) is 39.3 Å². The summed E-state index contributed by atoms with van der Waals surface area (Å²) >= 11 is 0. The summed E-state index contributed by atoms with van der Waals surface area (Å²) < 4.78 is 11.7.